The van der Waals surface area contributed by atoms with E-state index in [4.69, 9.17) is 26.2 Å². The zero-order chi connectivity index (χ0) is 14.9. The number of benzene rings is 1. The Balaban J connectivity index is 1.69. The summed E-state index contributed by atoms with van der Waals surface area (Å²) in [6.45, 7) is 1.65. The number of nitrogens with one attached hydrogen (secondary N) is 1. The third kappa shape index (κ3) is 3.09. The summed E-state index contributed by atoms with van der Waals surface area (Å²) in [4.78, 5) is 12.2. The van der Waals surface area contributed by atoms with Crippen molar-refractivity contribution >= 4 is 17.5 Å². The van der Waals surface area contributed by atoms with Gasteiger partial charge in [0.2, 0.25) is 0 Å². The van der Waals surface area contributed by atoms with Crippen molar-refractivity contribution < 1.29 is 19.4 Å². The number of fused-ring (bicyclic) bond motifs is 1. The van der Waals surface area contributed by atoms with Crippen LogP contribution in [0, 0.1) is 5.41 Å². The number of amides is 1. The van der Waals surface area contributed by atoms with E-state index in [1.54, 1.807) is 12.1 Å². The van der Waals surface area contributed by atoms with Crippen LogP contribution in [0.4, 0.5) is 0 Å². The van der Waals surface area contributed by atoms with Gasteiger partial charge in [-0.2, -0.15) is 0 Å². The van der Waals surface area contributed by atoms with Crippen LogP contribution in [0.2, 0.25) is 5.02 Å². The van der Waals surface area contributed by atoms with Crippen LogP contribution in [0.5, 0.6) is 11.5 Å². The number of hydrogen-bond donors (Lipinski definition) is 2. The Morgan fingerprint density at radius 3 is 2.81 bits per heavy atom. The third-order valence-electron chi connectivity index (χ3n) is 4.08. The van der Waals surface area contributed by atoms with Crippen molar-refractivity contribution in [2.75, 3.05) is 26.4 Å². The van der Waals surface area contributed by atoms with Crippen LogP contribution in [-0.2, 0) is 0 Å². The number of aliphatic hydroxyl groups excluding tert-OH is 1. The first-order valence-electron chi connectivity index (χ1n) is 7.12. The van der Waals surface area contributed by atoms with Gasteiger partial charge in [-0.1, -0.05) is 11.6 Å². The van der Waals surface area contributed by atoms with Crippen LogP contribution in [0.3, 0.4) is 0 Å². The molecule has 1 saturated carbocycles. The highest BCUT2D eigenvalue weighted by Crippen LogP contribution is 2.48. The smallest absolute Gasteiger partial charge is 0.251 e. The van der Waals surface area contributed by atoms with Gasteiger partial charge in [-0.25, -0.2) is 0 Å². The predicted octanol–water partition coefficient (Wildman–Crippen LogP) is 2.00. The molecule has 3 rings (SSSR count). The lowest BCUT2D eigenvalue weighted by Crippen LogP contribution is -2.30. The number of rotatable bonds is 5. The standard InChI is InChI=1S/C15H18ClNO4/c16-11-7-10(8-12-13(11)21-6-5-20-12)14(19)17-9-15(1-2-15)3-4-18/h7-8,18H,1-6,9H2,(H,17,19). The first kappa shape index (κ1) is 14.5. The van der Waals surface area contributed by atoms with Crippen molar-refractivity contribution in [1.82, 2.24) is 5.32 Å². The van der Waals surface area contributed by atoms with Crippen molar-refractivity contribution in [2.45, 2.75) is 19.3 Å². The number of carbonyl (C=O) groups excluding carboxylic acids is 1. The second-order valence-corrected chi connectivity index (χ2v) is 6.05. The fourth-order valence-electron chi connectivity index (χ4n) is 2.54. The van der Waals surface area contributed by atoms with Crippen molar-refractivity contribution in [3.8, 4) is 11.5 Å². The molecule has 0 aromatic heterocycles. The summed E-state index contributed by atoms with van der Waals surface area (Å²) in [7, 11) is 0. The van der Waals surface area contributed by atoms with Crippen LogP contribution in [0.15, 0.2) is 12.1 Å². The van der Waals surface area contributed by atoms with E-state index in [1.165, 1.54) is 0 Å². The summed E-state index contributed by atoms with van der Waals surface area (Å²) in [5, 5.41) is 12.3. The second kappa shape index (κ2) is 5.73. The van der Waals surface area contributed by atoms with Gasteiger partial charge >= 0.3 is 0 Å². The number of carbonyl (C=O) groups is 1. The van der Waals surface area contributed by atoms with E-state index in [-0.39, 0.29) is 17.9 Å². The minimum absolute atomic E-state index is 0.0853. The lowest BCUT2D eigenvalue weighted by molar-refractivity contribution is 0.0939. The predicted molar refractivity (Wildman–Crippen MR) is 78.1 cm³/mol. The molecule has 1 fully saturated rings. The highest BCUT2D eigenvalue weighted by atomic mass is 35.5. The maximum absolute atomic E-state index is 12.2. The van der Waals surface area contributed by atoms with Crippen molar-refractivity contribution in [3.63, 3.8) is 0 Å². The molecule has 0 spiro atoms. The molecule has 6 heteroatoms. The average molecular weight is 312 g/mol. The van der Waals surface area contributed by atoms with Crippen LogP contribution < -0.4 is 14.8 Å². The summed E-state index contributed by atoms with van der Waals surface area (Å²) >= 11 is 6.13. The highest BCUT2D eigenvalue weighted by Gasteiger charge is 2.41. The maximum atomic E-state index is 12.2. The van der Waals surface area contributed by atoms with Gasteiger partial charge in [0.15, 0.2) is 11.5 Å². The van der Waals surface area contributed by atoms with Crippen LogP contribution in [-0.4, -0.2) is 37.4 Å². The van der Waals surface area contributed by atoms with E-state index < -0.39 is 0 Å². The molecule has 1 aliphatic heterocycles. The molecule has 2 aliphatic rings. The Kier molecular flexibility index (Phi) is 3.95. The molecule has 0 radical (unpaired) electrons. The monoisotopic (exact) mass is 311 g/mol. The number of halogens is 1. The molecule has 1 amide bonds. The first-order valence-corrected chi connectivity index (χ1v) is 7.50. The van der Waals surface area contributed by atoms with Crippen LogP contribution in [0.25, 0.3) is 0 Å². The van der Waals surface area contributed by atoms with Gasteiger partial charge in [0.25, 0.3) is 5.91 Å². The van der Waals surface area contributed by atoms with E-state index in [9.17, 15) is 4.79 Å². The lowest BCUT2D eigenvalue weighted by atomic mass is 10.0. The molecule has 114 valence electrons. The summed E-state index contributed by atoms with van der Waals surface area (Å²) in [5.41, 5.74) is 0.547. The Morgan fingerprint density at radius 2 is 2.10 bits per heavy atom. The fraction of sp³-hybridized carbons (Fsp3) is 0.533. The zero-order valence-corrected chi connectivity index (χ0v) is 12.4. The number of ether oxygens (including phenoxy) is 2. The van der Waals surface area contributed by atoms with Crippen molar-refractivity contribution in [1.29, 1.82) is 0 Å². The van der Waals surface area contributed by atoms with Crippen molar-refractivity contribution in [3.05, 3.63) is 22.7 Å². The van der Waals surface area contributed by atoms with Gasteiger partial charge in [0.05, 0.1) is 5.02 Å². The Hall–Kier alpha value is -1.46. The summed E-state index contributed by atoms with van der Waals surface area (Å²) in [6.07, 6.45) is 2.83. The topological polar surface area (TPSA) is 67.8 Å². The van der Waals surface area contributed by atoms with Crippen LogP contribution >= 0.6 is 11.6 Å². The molecule has 0 saturated heterocycles. The van der Waals surface area contributed by atoms with Gasteiger partial charge in [0.1, 0.15) is 13.2 Å². The molecule has 0 bridgehead atoms. The molecule has 21 heavy (non-hydrogen) atoms. The molecule has 0 atom stereocenters. The van der Waals surface area contributed by atoms with Gasteiger partial charge in [0, 0.05) is 18.7 Å². The average Bonchev–Trinajstić information content (AvgIpc) is 3.25. The first-order chi connectivity index (χ1) is 10.1. The van der Waals surface area contributed by atoms with Gasteiger partial charge < -0.3 is 19.9 Å². The van der Waals surface area contributed by atoms with E-state index >= 15 is 0 Å². The quantitative estimate of drug-likeness (QED) is 0.873. The van der Waals surface area contributed by atoms with Crippen LogP contribution in [0.1, 0.15) is 29.6 Å². The molecule has 5 nitrogen and oxygen atoms in total. The van der Waals surface area contributed by atoms with Gasteiger partial charge in [-0.15, -0.1) is 0 Å². The van der Waals surface area contributed by atoms with E-state index in [0.29, 0.717) is 41.8 Å². The zero-order valence-electron chi connectivity index (χ0n) is 11.7. The summed E-state index contributed by atoms with van der Waals surface area (Å²) in [6, 6.07) is 3.25. The number of hydrogen-bond acceptors (Lipinski definition) is 4. The molecular weight excluding hydrogens is 294 g/mol. The minimum atomic E-state index is -0.182. The van der Waals surface area contributed by atoms with Gasteiger partial charge in [-0.05, 0) is 36.8 Å². The molecule has 1 aromatic rings. The number of aliphatic hydroxyl groups is 1. The van der Waals surface area contributed by atoms with Crippen molar-refractivity contribution in [2.24, 2.45) is 5.41 Å². The minimum Gasteiger partial charge on any atom is -0.486 e. The van der Waals surface area contributed by atoms with E-state index in [1.807, 2.05) is 0 Å². The molecule has 2 N–H and O–H groups in total. The Bertz CT molecular complexity index is 557. The normalized spacial score (nSPS) is 18.2. The molecular formula is C15H18ClNO4. The van der Waals surface area contributed by atoms with E-state index in [0.717, 1.165) is 19.3 Å². The Labute approximate surface area is 128 Å². The molecule has 1 aromatic carbocycles. The lowest BCUT2D eigenvalue weighted by Gasteiger charge is -2.20. The van der Waals surface area contributed by atoms with Gasteiger partial charge in [-0.3, -0.25) is 4.79 Å². The molecule has 1 aliphatic carbocycles. The summed E-state index contributed by atoms with van der Waals surface area (Å²) in [5.74, 6) is 0.826. The summed E-state index contributed by atoms with van der Waals surface area (Å²) < 4.78 is 10.9. The third-order valence-corrected chi connectivity index (χ3v) is 4.36. The largest absolute Gasteiger partial charge is 0.486 e. The molecule has 0 unspecified atom stereocenters. The maximum Gasteiger partial charge on any atom is 0.251 e. The fourth-order valence-corrected chi connectivity index (χ4v) is 2.81. The second-order valence-electron chi connectivity index (χ2n) is 5.64. The molecule has 1 heterocycles. The highest BCUT2D eigenvalue weighted by molar-refractivity contribution is 6.32. The Morgan fingerprint density at radius 1 is 1.33 bits per heavy atom. The SMILES string of the molecule is O=C(NCC1(CCO)CC1)c1cc(Cl)c2c(c1)OCCO2. The van der Waals surface area contributed by atoms with E-state index in [2.05, 4.69) is 5.32 Å².